The Kier molecular flexibility index (Phi) is 3.84. The van der Waals surface area contributed by atoms with Crippen molar-refractivity contribution < 1.29 is 28.1 Å². The van der Waals surface area contributed by atoms with Crippen LogP contribution in [0, 0.1) is 0 Å². The molecule has 1 unspecified atom stereocenters. The van der Waals surface area contributed by atoms with Crippen LogP contribution in [0.4, 0.5) is 18.9 Å². The van der Waals surface area contributed by atoms with Crippen molar-refractivity contribution in [2.75, 3.05) is 11.9 Å². The van der Waals surface area contributed by atoms with Crippen LogP contribution in [0.1, 0.15) is 25.3 Å². The van der Waals surface area contributed by atoms with Gasteiger partial charge in [-0.15, -0.1) is 0 Å². The van der Waals surface area contributed by atoms with Gasteiger partial charge >= 0.3 is 6.18 Å². The molecule has 0 fully saturated rings. The molecule has 0 amide bonds. The van der Waals surface area contributed by atoms with Gasteiger partial charge in [0.25, 0.3) is 0 Å². The lowest BCUT2D eigenvalue weighted by molar-refractivity contribution is -0.137. The molecule has 0 saturated heterocycles. The summed E-state index contributed by atoms with van der Waals surface area (Å²) in [7, 11) is 0. The Morgan fingerprint density at radius 1 is 1.40 bits per heavy atom. The summed E-state index contributed by atoms with van der Waals surface area (Å²) < 4.78 is 43.6. The van der Waals surface area contributed by atoms with Gasteiger partial charge in [0.15, 0.2) is 6.29 Å². The first-order valence-electron chi connectivity index (χ1n) is 6.20. The second kappa shape index (κ2) is 5.14. The summed E-state index contributed by atoms with van der Waals surface area (Å²) in [6, 6.07) is 3.28. The Bertz CT molecular complexity index is 490. The number of alkyl halides is 3. The minimum absolute atomic E-state index is 0.0898. The van der Waals surface area contributed by atoms with Crippen LogP contribution in [0.25, 0.3) is 0 Å². The summed E-state index contributed by atoms with van der Waals surface area (Å²) in [6.45, 7) is 2.10. The number of benzene rings is 1. The molecule has 4 nitrogen and oxygen atoms in total. The SMILES string of the molecule is CC1(CCC(O)O)CNc2ccc(C(F)(F)F)cc2O1. The molecule has 2 rings (SSSR count). The third kappa shape index (κ3) is 3.34. The standard InChI is InChI=1S/C13H16F3NO3/c1-12(5-4-11(18)19)7-17-9-3-2-8(13(14,15)16)6-10(9)20-12/h2-3,6,11,17-19H,4-5,7H2,1H3. The minimum atomic E-state index is -4.42. The molecule has 112 valence electrons. The predicted molar refractivity (Wildman–Crippen MR) is 66.4 cm³/mol. The normalized spacial score (nSPS) is 22.1. The molecule has 0 aromatic heterocycles. The van der Waals surface area contributed by atoms with Gasteiger partial charge in [-0.3, -0.25) is 0 Å². The number of rotatable bonds is 3. The zero-order valence-corrected chi connectivity index (χ0v) is 10.9. The Morgan fingerprint density at radius 2 is 2.10 bits per heavy atom. The topological polar surface area (TPSA) is 61.7 Å². The first-order valence-corrected chi connectivity index (χ1v) is 6.20. The number of fused-ring (bicyclic) bond motifs is 1. The van der Waals surface area contributed by atoms with Crippen LogP contribution >= 0.6 is 0 Å². The van der Waals surface area contributed by atoms with Gasteiger partial charge in [-0.2, -0.15) is 13.2 Å². The van der Waals surface area contributed by atoms with Crippen molar-refractivity contribution in [3.8, 4) is 5.75 Å². The lowest BCUT2D eigenvalue weighted by Crippen LogP contribution is -2.43. The number of aliphatic hydroxyl groups excluding tert-OH is 1. The quantitative estimate of drug-likeness (QED) is 0.748. The van der Waals surface area contributed by atoms with E-state index < -0.39 is 23.6 Å². The van der Waals surface area contributed by atoms with Crippen LogP contribution in [0.3, 0.4) is 0 Å². The van der Waals surface area contributed by atoms with E-state index in [4.69, 9.17) is 14.9 Å². The maximum absolute atomic E-state index is 12.7. The van der Waals surface area contributed by atoms with E-state index >= 15 is 0 Å². The summed E-state index contributed by atoms with van der Waals surface area (Å²) in [5.74, 6) is 0.126. The highest BCUT2D eigenvalue weighted by Gasteiger charge is 2.35. The van der Waals surface area contributed by atoms with Crippen LogP contribution < -0.4 is 10.1 Å². The smallest absolute Gasteiger partial charge is 0.416 e. The second-order valence-corrected chi connectivity index (χ2v) is 5.13. The average molecular weight is 291 g/mol. The average Bonchev–Trinajstić information content (AvgIpc) is 2.34. The summed E-state index contributed by atoms with van der Waals surface area (Å²) in [4.78, 5) is 0. The molecule has 20 heavy (non-hydrogen) atoms. The maximum atomic E-state index is 12.7. The van der Waals surface area contributed by atoms with Crippen LogP contribution in [0.2, 0.25) is 0 Å². The van der Waals surface area contributed by atoms with Crippen LogP contribution in [-0.4, -0.2) is 28.6 Å². The molecule has 1 atom stereocenters. The van der Waals surface area contributed by atoms with Gasteiger partial charge < -0.3 is 20.3 Å². The second-order valence-electron chi connectivity index (χ2n) is 5.13. The monoisotopic (exact) mass is 291 g/mol. The Balaban J connectivity index is 2.19. The number of hydrogen-bond acceptors (Lipinski definition) is 4. The van der Waals surface area contributed by atoms with E-state index in [0.29, 0.717) is 18.7 Å². The molecule has 1 aromatic rings. The van der Waals surface area contributed by atoms with Crippen LogP contribution in [0.5, 0.6) is 5.75 Å². The van der Waals surface area contributed by atoms with Crippen molar-refractivity contribution >= 4 is 5.69 Å². The zero-order valence-electron chi connectivity index (χ0n) is 10.9. The molecule has 1 heterocycles. The first-order chi connectivity index (χ1) is 9.20. The van der Waals surface area contributed by atoms with E-state index in [9.17, 15) is 13.2 Å². The van der Waals surface area contributed by atoms with Gasteiger partial charge in [-0.05, 0) is 31.5 Å². The molecule has 1 aliphatic rings. The largest absolute Gasteiger partial charge is 0.484 e. The Labute approximate surface area is 114 Å². The minimum Gasteiger partial charge on any atom is -0.484 e. The summed E-state index contributed by atoms with van der Waals surface area (Å²) in [6.07, 6.45) is -5.48. The number of aliphatic hydroxyl groups is 2. The molecular formula is C13H16F3NO3. The van der Waals surface area contributed by atoms with E-state index in [1.165, 1.54) is 6.07 Å². The third-order valence-corrected chi connectivity index (χ3v) is 3.25. The fraction of sp³-hybridized carbons (Fsp3) is 0.538. The van der Waals surface area contributed by atoms with Gasteiger partial charge in [-0.25, -0.2) is 0 Å². The van der Waals surface area contributed by atoms with Gasteiger partial charge in [0.05, 0.1) is 17.8 Å². The van der Waals surface area contributed by atoms with Crippen molar-refractivity contribution in [3.63, 3.8) is 0 Å². The number of anilines is 1. The van der Waals surface area contributed by atoms with Crippen LogP contribution in [0.15, 0.2) is 18.2 Å². The maximum Gasteiger partial charge on any atom is 0.416 e. The van der Waals surface area contributed by atoms with Crippen molar-refractivity contribution in [2.24, 2.45) is 0 Å². The number of nitrogens with one attached hydrogen (secondary N) is 1. The van der Waals surface area contributed by atoms with E-state index in [1.807, 2.05) is 0 Å². The molecule has 1 aliphatic heterocycles. The molecule has 0 radical (unpaired) electrons. The molecule has 3 N–H and O–H groups in total. The lowest BCUT2D eigenvalue weighted by Gasteiger charge is -2.37. The Morgan fingerprint density at radius 3 is 2.70 bits per heavy atom. The van der Waals surface area contributed by atoms with Gasteiger partial charge in [0.2, 0.25) is 0 Å². The highest BCUT2D eigenvalue weighted by Crippen LogP contribution is 2.39. The van der Waals surface area contributed by atoms with Crippen molar-refractivity contribution in [1.82, 2.24) is 0 Å². The number of ether oxygens (including phenoxy) is 1. The van der Waals surface area contributed by atoms with E-state index in [-0.39, 0.29) is 12.2 Å². The lowest BCUT2D eigenvalue weighted by atomic mass is 9.97. The zero-order chi connectivity index (χ0) is 15.0. The highest BCUT2D eigenvalue weighted by molar-refractivity contribution is 5.60. The van der Waals surface area contributed by atoms with Gasteiger partial charge in [-0.1, -0.05) is 0 Å². The highest BCUT2D eigenvalue weighted by atomic mass is 19.4. The van der Waals surface area contributed by atoms with E-state index in [2.05, 4.69) is 5.32 Å². The summed E-state index contributed by atoms with van der Waals surface area (Å²) in [5.41, 5.74) is -1.05. The molecule has 1 aromatic carbocycles. The number of hydrogen-bond donors (Lipinski definition) is 3. The van der Waals surface area contributed by atoms with Crippen molar-refractivity contribution in [1.29, 1.82) is 0 Å². The van der Waals surface area contributed by atoms with Gasteiger partial charge in [0.1, 0.15) is 11.4 Å². The first kappa shape index (κ1) is 14.9. The molecule has 0 saturated carbocycles. The van der Waals surface area contributed by atoms with Crippen LogP contribution in [-0.2, 0) is 6.18 Å². The van der Waals surface area contributed by atoms with E-state index in [1.54, 1.807) is 6.92 Å². The molecule has 0 aliphatic carbocycles. The summed E-state index contributed by atoms with van der Waals surface area (Å²) >= 11 is 0. The molecular weight excluding hydrogens is 275 g/mol. The van der Waals surface area contributed by atoms with Gasteiger partial charge in [0, 0.05) is 6.42 Å². The molecule has 7 heteroatoms. The van der Waals surface area contributed by atoms with Crippen molar-refractivity contribution in [3.05, 3.63) is 23.8 Å². The Hall–Kier alpha value is -1.47. The predicted octanol–water partition coefficient (Wildman–Crippen LogP) is 2.36. The number of halogens is 3. The molecule has 0 bridgehead atoms. The summed E-state index contributed by atoms with van der Waals surface area (Å²) in [5, 5.41) is 20.7. The fourth-order valence-corrected chi connectivity index (χ4v) is 2.09. The third-order valence-electron chi connectivity index (χ3n) is 3.25. The van der Waals surface area contributed by atoms with Crippen molar-refractivity contribution in [2.45, 2.75) is 37.8 Å². The fourth-order valence-electron chi connectivity index (χ4n) is 2.09. The van der Waals surface area contributed by atoms with E-state index in [0.717, 1.165) is 12.1 Å². The molecule has 0 spiro atoms.